The Balaban J connectivity index is -0.000000318. The lowest BCUT2D eigenvalue weighted by Crippen LogP contribution is -1.98. The lowest BCUT2D eigenvalue weighted by molar-refractivity contribution is -0.113. The molecule has 0 aromatic carbocycles. The fraction of sp³-hybridized carbons (Fsp3) is 0.385. The Morgan fingerprint density at radius 2 is 1.40 bits per heavy atom. The molecule has 0 unspecified atom stereocenters. The molecule has 0 radical (unpaired) electrons. The molecule has 0 aliphatic heterocycles. The third kappa shape index (κ3) is 8.88. The molecule has 0 aromatic rings. The van der Waals surface area contributed by atoms with Crippen molar-refractivity contribution < 1.29 is 9.59 Å². The number of ketones is 1. The number of Topliss-reactive ketones (excluding diaryl/α,β-unsaturated/α-hetero) is 1. The van der Waals surface area contributed by atoms with Gasteiger partial charge < -0.3 is 0 Å². The van der Waals surface area contributed by atoms with Crippen LogP contribution in [0.15, 0.2) is 36.5 Å². The van der Waals surface area contributed by atoms with E-state index in [-0.39, 0.29) is 11.4 Å². The molecule has 0 fully saturated rings. The topological polar surface area (TPSA) is 34.1 Å². The molecule has 15 heavy (non-hydrogen) atoms. The number of carbonyl (C=O) groups is 2. The van der Waals surface area contributed by atoms with E-state index in [0.29, 0.717) is 11.9 Å². The van der Waals surface area contributed by atoms with Crippen LogP contribution in [0.4, 0.5) is 0 Å². The summed E-state index contributed by atoms with van der Waals surface area (Å²) in [6.45, 7) is 16.2. The molecule has 0 aliphatic rings. The summed E-state index contributed by atoms with van der Waals surface area (Å²) in [7, 11) is 0. The third-order valence-corrected chi connectivity index (χ3v) is 1.24. The van der Waals surface area contributed by atoms with Gasteiger partial charge in [-0.25, -0.2) is 0 Å². The lowest BCUT2D eigenvalue weighted by atomic mass is 10.1. The van der Waals surface area contributed by atoms with E-state index in [0.717, 1.165) is 0 Å². The van der Waals surface area contributed by atoms with Crippen LogP contribution >= 0.6 is 0 Å². The lowest BCUT2D eigenvalue weighted by Gasteiger charge is -1.96. The van der Waals surface area contributed by atoms with Gasteiger partial charge in [-0.05, 0) is 6.92 Å². The van der Waals surface area contributed by atoms with Crippen molar-refractivity contribution in [1.82, 2.24) is 0 Å². The summed E-state index contributed by atoms with van der Waals surface area (Å²) in [4.78, 5) is 21.1. The Bertz CT molecular complexity index is 225. The molecule has 0 N–H and O–H groups in total. The van der Waals surface area contributed by atoms with E-state index in [1.807, 2.05) is 27.7 Å². The first-order chi connectivity index (χ1) is 7.17. The molecule has 86 valence electrons. The molecule has 0 amide bonds. The van der Waals surface area contributed by atoms with E-state index in [1.54, 1.807) is 0 Å². The predicted molar refractivity (Wildman–Crippen MR) is 66.9 cm³/mol. The number of hydrogen-bond donors (Lipinski definition) is 0. The van der Waals surface area contributed by atoms with Gasteiger partial charge in [-0.1, -0.05) is 53.0 Å². The summed E-state index contributed by atoms with van der Waals surface area (Å²) in [5.41, 5.74) is 0.600. The average Bonchev–Trinajstić information content (AvgIpc) is 2.30. The Kier molecular flexibility index (Phi) is 19.2. The zero-order valence-electron chi connectivity index (χ0n) is 10.5. The number of aldehydes is 1. The number of allylic oxidation sites excluding steroid dienone is 4. The highest BCUT2D eigenvalue weighted by molar-refractivity contribution is 6.02. The molecule has 0 atom stereocenters. The van der Waals surface area contributed by atoms with Crippen LogP contribution in [0.25, 0.3) is 0 Å². The minimum atomic E-state index is -0.179. The van der Waals surface area contributed by atoms with Crippen LogP contribution in [0.3, 0.4) is 0 Å². The van der Waals surface area contributed by atoms with Crippen LogP contribution in [-0.4, -0.2) is 12.1 Å². The summed E-state index contributed by atoms with van der Waals surface area (Å²) >= 11 is 0. The van der Waals surface area contributed by atoms with Gasteiger partial charge >= 0.3 is 0 Å². The van der Waals surface area contributed by atoms with Crippen molar-refractivity contribution in [3.05, 3.63) is 36.5 Å². The van der Waals surface area contributed by atoms with Crippen molar-refractivity contribution >= 4 is 12.1 Å². The fourth-order valence-electron chi connectivity index (χ4n) is 0.686. The van der Waals surface area contributed by atoms with E-state index < -0.39 is 0 Å². The summed E-state index contributed by atoms with van der Waals surface area (Å²) < 4.78 is 0. The molecule has 2 heteroatoms. The maximum absolute atomic E-state index is 10.8. The van der Waals surface area contributed by atoms with Crippen LogP contribution in [0.2, 0.25) is 0 Å². The zero-order chi connectivity index (χ0) is 12.9. The Hall–Kier alpha value is -1.44. The maximum atomic E-state index is 10.8. The smallest absolute Gasteiger partial charge is 0.160 e. The van der Waals surface area contributed by atoms with E-state index in [2.05, 4.69) is 13.2 Å². The number of hydrogen-bond acceptors (Lipinski definition) is 2. The van der Waals surface area contributed by atoms with E-state index in [1.165, 1.54) is 19.1 Å². The molecular formula is C13H22O2. The molecule has 0 bridgehead atoms. The van der Waals surface area contributed by atoms with Gasteiger partial charge in [0.2, 0.25) is 0 Å². The number of carbonyl (C=O) groups excluding carboxylic acids is 2. The van der Waals surface area contributed by atoms with Crippen molar-refractivity contribution in [2.24, 2.45) is 0 Å². The van der Waals surface area contributed by atoms with Gasteiger partial charge in [-0.3, -0.25) is 9.59 Å². The van der Waals surface area contributed by atoms with Crippen molar-refractivity contribution in [3.63, 3.8) is 0 Å². The minimum Gasteiger partial charge on any atom is -0.298 e. The molecule has 0 saturated heterocycles. The highest BCUT2D eigenvalue weighted by atomic mass is 16.1. The van der Waals surface area contributed by atoms with Crippen LogP contribution in [0, 0.1) is 0 Å². The standard InChI is InChI=1S/C9H10O2.2C2H6/c1-4-8(6-10)9(5-2)7(3)11;2*1-2/h4-6H,1-2H2,3H3;2*1-2H3/b9-8-;;. The van der Waals surface area contributed by atoms with E-state index in [9.17, 15) is 9.59 Å². The molecule has 0 heterocycles. The molecule has 0 rings (SSSR count). The average molecular weight is 210 g/mol. The molecule has 0 spiro atoms. The first kappa shape index (κ1) is 19.2. The van der Waals surface area contributed by atoms with Gasteiger partial charge in [0.25, 0.3) is 0 Å². The zero-order valence-corrected chi connectivity index (χ0v) is 10.5. The fourth-order valence-corrected chi connectivity index (χ4v) is 0.686. The largest absolute Gasteiger partial charge is 0.298 e. The molecule has 0 saturated carbocycles. The first-order valence-corrected chi connectivity index (χ1v) is 5.12. The van der Waals surface area contributed by atoms with Crippen LogP contribution in [0.1, 0.15) is 34.6 Å². The molecular weight excluding hydrogens is 188 g/mol. The van der Waals surface area contributed by atoms with Gasteiger partial charge in [0.1, 0.15) is 0 Å². The third-order valence-electron chi connectivity index (χ3n) is 1.24. The summed E-state index contributed by atoms with van der Waals surface area (Å²) in [5, 5.41) is 0. The first-order valence-electron chi connectivity index (χ1n) is 5.12. The highest BCUT2D eigenvalue weighted by Crippen LogP contribution is 2.05. The molecule has 0 aromatic heterocycles. The highest BCUT2D eigenvalue weighted by Gasteiger charge is 2.03. The van der Waals surface area contributed by atoms with Gasteiger partial charge in [-0.2, -0.15) is 0 Å². The second kappa shape index (κ2) is 15.1. The molecule has 0 aliphatic carbocycles. The predicted octanol–water partition coefficient (Wildman–Crippen LogP) is 3.50. The van der Waals surface area contributed by atoms with Crippen molar-refractivity contribution in [3.8, 4) is 0 Å². The Morgan fingerprint density at radius 3 is 1.47 bits per heavy atom. The maximum Gasteiger partial charge on any atom is 0.160 e. The molecule has 2 nitrogen and oxygen atoms in total. The normalized spacial score (nSPS) is 9.13. The Labute approximate surface area is 93.4 Å². The summed E-state index contributed by atoms with van der Waals surface area (Å²) in [5.74, 6) is -0.179. The van der Waals surface area contributed by atoms with E-state index >= 15 is 0 Å². The van der Waals surface area contributed by atoms with Gasteiger partial charge in [-0.15, -0.1) is 0 Å². The Morgan fingerprint density at radius 1 is 1.00 bits per heavy atom. The van der Waals surface area contributed by atoms with Gasteiger partial charge in [0.05, 0.1) is 0 Å². The summed E-state index contributed by atoms with van der Waals surface area (Å²) in [6.07, 6.45) is 3.28. The minimum absolute atomic E-state index is 0.179. The monoisotopic (exact) mass is 210 g/mol. The van der Waals surface area contributed by atoms with Crippen molar-refractivity contribution in [1.29, 1.82) is 0 Å². The SMILES string of the molecule is C=C/C(C=O)=C(\C=C)C(C)=O.CC.CC. The quantitative estimate of drug-likeness (QED) is 0.404. The second-order valence-electron chi connectivity index (χ2n) is 1.95. The van der Waals surface area contributed by atoms with E-state index in [4.69, 9.17) is 0 Å². The van der Waals surface area contributed by atoms with Gasteiger partial charge in [0.15, 0.2) is 12.1 Å². The van der Waals surface area contributed by atoms with Crippen LogP contribution in [0.5, 0.6) is 0 Å². The summed E-state index contributed by atoms with van der Waals surface area (Å²) in [6, 6.07) is 0. The number of rotatable bonds is 4. The second-order valence-corrected chi connectivity index (χ2v) is 1.95. The van der Waals surface area contributed by atoms with Crippen LogP contribution in [-0.2, 0) is 9.59 Å². The van der Waals surface area contributed by atoms with Crippen LogP contribution < -0.4 is 0 Å². The van der Waals surface area contributed by atoms with Gasteiger partial charge in [0, 0.05) is 11.1 Å². The van der Waals surface area contributed by atoms with Crippen molar-refractivity contribution in [2.45, 2.75) is 34.6 Å². The van der Waals surface area contributed by atoms with Crippen molar-refractivity contribution in [2.75, 3.05) is 0 Å².